The second-order valence-corrected chi connectivity index (χ2v) is 32.3. The molecule has 0 saturated carbocycles. The number of aryl methyl sites for hydroxylation is 2. The normalized spacial score (nSPS) is 14.2. The average molecular weight is 1580 g/mol. The van der Waals surface area contributed by atoms with Crippen molar-refractivity contribution in [3.8, 4) is 74.4 Å². The van der Waals surface area contributed by atoms with Crippen LogP contribution < -0.4 is 47.4 Å². The third kappa shape index (κ3) is 18.1. The van der Waals surface area contributed by atoms with Crippen LogP contribution in [-0.2, 0) is 24.5 Å². The summed E-state index contributed by atoms with van der Waals surface area (Å²) < 4.78 is 86.4. The number of ether oxygens (including phenoxy) is 3. The summed E-state index contributed by atoms with van der Waals surface area (Å²) in [6.07, 6.45) is 0. The lowest BCUT2D eigenvalue weighted by atomic mass is 9.78. The van der Waals surface area contributed by atoms with Crippen molar-refractivity contribution in [3.05, 3.63) is 264 Å². The van der Waals surface area contributed by atoms with E-state index in [4.69, 9.17) is 36.8 Å². The highest BCUT2D eigenvalue weighted by atomic mass is 79.9. The first-order valence-electron chi connectivity index (χ1n) is 29.1. The fourth-order valence-electron chi connectivity index (χ4n) is 9.96. The van der Waals surface area contributed by atoms with Crippen molar-refractivity contribution >= 4 is 96.9 Å². The molecule has 0 aliphatic carbocycles. The zero-order chi connectivity index (χ0) is 68.3. The van der Waals surface area contributed by atoms with Gasteiger partial charge in [-0.05, 0) is 232 Å². The van der Waals surface area contributed by atoms with Crippen LogP contribution in [0.15, 0.2) is 230 Å². The lowest BCUT2D eigenvalue weighted by Gasteiger charge is -2.29. The maximum atomic E-state index is 13.9. The first-order chi connectivity index (χ1) is 44.4. The quantitative estimate of drug-likeness (QED) is 0.0776. The Morgan fingerprint density at radius 3 is 1.31 bits per heavy atom. The minimum atomic E-state index is -3.50. The van der Waals surface area contributed by atoms with Crippen LogP contribution in [0.2, 0.25) is 0 Å². The van der Waals surface area contributed by atoms with Crippen molar-refractivity contribution in [2.24, 2.45) is 0 Å². The van der Waals surface area contributed by atoms with E-state index < -0.39 is 22.6 Å². The van der Waals surface area contributed by atoms with Gasteiger partial charge in [-0.2, -0.15) is 0 Å². The minimum absolute atomic E-state index is 0.0756. The van der Waals surface area contributed by atoms with Gasteiger partial charge in [-0.15, -0.1) is 0 Å². The molecule has 21 heteroatoms. The molecule has 0 aromatic heterocycles. The highest BCUT2D eigenvalue weighted by molar-refractivity contribution is 9.11. The van der Waals surface area contributed by atoms with Crippen LogP contribution in [-0.4, -0.2) is 50.0 Å². The van der Waals surface area contributed by atoms with E-state index in [1.54, 1.807) is 93.1 Å². The number of hydrogen-bond acceptors (Lipinski definition) is 14. The Kier molecular flexibility index (Phi) is 23.9. The minimum Gasteiger partial charge on any atom is -0.508 e. The molecule has 1 aliphatic heterocycles. The standard InChI is InChI=1S/C22H24O6P2.C19H15O4P.C16H14Br4O2.C16H18O2/c1-17-8-5-10-19(14-17)25-29(3,23)27-21-12-7-13-22(16-21)28-30(4,24)26-20-11-6-9-18(2)15-20;1-22-13-10-11-16(20)19(12-13)24(21)18-9-5-3-7-15(18)14-6-2-4-8-17(14)23-24;1-16(2,8-4-10(17)14(21)11(18)5-8)9-6-12(19)15(22-3)13(20)7-9;1-16(2,12-4-8-14(17)9-5-12)13-6-10-15(18-3)11-7-13/h5-16H,1-4H3;2-12,20H,1H3;4-7,21H,1-3H3;4-11,17H,1-3H3. The Bertz CT molecular complexity index is 4340. The first-order valence-corrected chi connectivity index (χ1v) is 37.9. The molecule has 0 spiro atoms. The summed E-state index contributed by atoms with van der Waals surface area (Å²) in [6, 6.07) is 63.8. The highest BCUT2D eigenvalue weighted by Gasteiger charge is 2.40. The second kappa shape index (κ2) is 31.0. The van der Waals surface area contributed by atoms with Crippen molar-refractivity contribution < 1.29 is 65.8 Å². The van der Waals surface area contributed by atoms with Gasteiger partial charge in [0.05, 0.1) is 63.2 Å². The molecule has 0 fully saturated rings. The maximum absolute atomic E-state index is 13.9. The van der Waals surface area contributed by atoms with Crippen LogP contribution in [0.3, 0.4) is 0 Å². The summed E-state index contributed by atoms with van der Waals surface area (Å²) in [6.45, 7) is 15.2. The molecule has 3 unspecified atom stereocenters. The summed E-state index contributed by atoms with van der Waals surface area (Å²) in [5, 5.41) is 30.4. The zero-order valence-electron chi connectivity index (χ0n) is 53.4. The predicted octanol–water partition coefficient (Wildman–Crippen LogP) is 21.1. The molecule has 14 nitrogen and oxygen atoms in total. The van der Waals surface area contributed by atoms with E-state index in [0.717, 1.165) is 53.8 Å². The van der Waals surface area contributed by atoms with Crippen LogP contribution >= 0.6 is 86.3 Å². The van der Waals surface area contributed by atoms with E-state index in [2.05, 4.69) is 116 Å². The predicted molar refractivity (Wildman–Crippen MR) is 390 cm³/mol. The molecule has 490 valence electrons. The molecule has 3 N–H and O–H groups in total. The fourth-order valence-corrected chi connectivity index (χ4v) is 17.1. The summed E-state index contributed by atoms with van der Waals surface area (Å²) in [5.74, 6) is 4.56. The molecular weight excluding hydrogens is 1510 g/mol. The van der Waals surface area contributed by atoms with Gasteiger partial charge in [-0.3, -0.25) is 4.57 Å². The smallest absolute Gasteiger partial charge is 0.427 e. The number of rotatable bonds is 16. The van der Waals surface area contributed by atoms with E-state index in [1.807, 2.05) is 111 Å². The van der Waals surface area contributed by atoms with Gasteiger partial charge in [0.2, 0.25) is 0 Å². The lowest BCUT2D eigenvalue weighted by molar-refractivity contribution is 0.387. The third-order valence-electron chi connectivity index (χ3n) is 15.1. The number of methoxy groups -OCH3 is 3. The Labute approximate surface area is 583 Å². The molecule has 1 aliphatic rings. The van der Waals surface area contributed by atoms with E-state index in [0.29, 0.717) is 43.0 Å². The van der Waals surface area contributed by atoms with Crippen LogP contribution in [0.1, 0.15) is 61.1 Å². The average Bonchev–Trinajstić information content (AvgIpc) is 0.737. The first kappa shape index (κ1) is 72.4. The largest absolute Gasteiger partial charge is 0.508 e. The molecule has 1 heterocycles. The topological polar surface area (TPSA) is 186 Å². The van der Waals surface area contributed by atoms with Crippen molar-refractivity contribution in [1.82, 2.24) is 0 Å². The number of phenolic OH excluding ortho intramolecular Hbond substituents is 3. The third-order valence-corrected chi connectivity index (χ3v) is 22.1. The van der Waals surface area contributed by atoms with E-state index in [9.17, 15) is 29.0 Å². The Balaban J connectivity index is 0.000000163. The number of hydrogen-bond donors (Lipinski definition) is 3. The Hall–Kier alpha value is -7.39. The van der Waals surface area contributed by atoms with Gasteiger partial charge in [-0.25, -0.2) is 9.13 Å². The van der Waals surface area contributed by atoms with Gasteiger partial charge in [0.15, 0.2) is 0 Å². The summed E-state index contributed by atoms with van der Waals surface area (Å²) in [7, 11) is -5.55. The van der Waals surface area contributed by atoms with Gasteiger partial charge in [-0.1, -0.05) is 119 Å². The number of halogens is 4. The molecule has 10 aromatic rings. The van der Waals surface area contributed by atoms with Gasteiger partial charge < -0.3 is 52.1 Å². The molecule has 0 amide bonds. The van der Waals surface area contributed by atoms with Crippen LogP contribution in [0.5, 0.6) is 63.2 Å². The molecule has 0 radical (unpaired) electrons. The number of phenols is 3. The SMILES string of the molecule is COc1c(Br)cc(C(C)(C)c2cc(Br)c(O)c(Br)c2)cc1Br.COc1ccc(C(C)(C)c2ccc(O)cc2)cc1.COc1ccc(O)c(P2(=O)Oc3ccccc3-c3ccccc32)c1.Cc1cccc(OP(C)(=O)Oc2cccc(OP(C)(=O)Oc3cccc(C)c3)c2)c1. The molecular formula is C73H71Br4O14P3. The molecule has 94 heavy (non-hydrogen) atoms. The summed E-state index contributed by atoms with van der Waals surface area (Å²) in [5.41, 5.74) is 7.94. The van der Waals surface area contributed by atoms with Gasteiger partial charge in [0.1, 0.15) is 63.2 Å². The van der Waals surface area contributed by atoms with Gasteiger partial charge in [0, 0.05) is 22.5 Å². The molecule has 3 atom stereocenters. The van der Waals surface area contributed by atoms with Crippen molar-refractivity contribution in [1.29, 1.82) is 0 Å². The summed E-state index contributed by atoms with van der Waals surface area (Å²) in [4.78, 5) is 0. The number of benzene rings is 10. The lowest BCUT2D eigenvalue weighted by Crippen LogP contribution is -2.25. The van der Waals surface area contributed by atoms with E-state index in [-0.39, 0.29) is 39.1 Å². The number of aromatic hydroxyl groups is 3. The Morgan fingerprint density at radius 2 is 0.830 bits per heavy atom. The molecule has 10 aromatic carbocycles. The van der Waals surface area contributed by atoms with E-state index in [1.165, 1.54) is 43.7 Å². The Morgan fingerprint density at radius 1 is 0.415 bits per heavy atom. The van der Waals surface area contributed by atoms with Crippen molar-refractivity contribution in [3.63, 3.8) is 0 Å². The second-order valence-electron chi connectivity index (χ2n) is 22.8. The zero-order valence-corrected chi connectivity index (χ0v) is 62.4. The maximum Gasteiger partial charge on any atom is 0.427 e. The number of fused-ring (bicyclic) bond motifs is 3. The van der Waals surface area contributed by atoms with Crippen LogP contribution in [0, 0.1) is 13.8 Å². The highest BCUT2D eigenvalue weighted by Crippen LogP contribution is 2.56. The van der Waals surface area contributed by atoms with Crippen molar-refractivity contribution in [2.75, 3.05) is 34.7 Å². The van der Waals surface area contributed by atoms with Crippen molar-refractivity contribution in [2.45, 2.75) is 52.4 Å². The monoisotopic (exact) mass is 1580 g/mol. The molecule has 11 rings (SSSR count). The number of para-hydroxylation sites is 1. The van der Waals surface area contributed by atoms with Gasteiger partial charge in [0.25, 0.3) is 0 Å². The van der Waals surface area contributed by atoms with Crippen LogP contribution in [0.25, 0.3) is 11.1 Å². The molecule has 0 bridgehead atoms. The fraction of sp³-hybridized carbons (Fsp3) is 0.178. The van der Waals surface area contributed by atoms with Gasteiger partial charge >= 0.3 is 22.6 Å². The van der Waals surface area contributed by atoms with E-state index >= 15 is 0 Å². The van der Waals surface area contributed by atoms with Crippen LogP contribution in [0.4, 0.5) is 0 Å². The summed E-state index contributed by atoms with van der Waals surface area (Å²) >= 11 is 13.9. The molecule has 0 saturated heterocycles.